The summed E-state index contributed by atoms with van der Waals surface area (Å²) >= 11 is 0. The second-order valence-electron chi connectivity index (χ2n) is 8.49. The molecule has 1 aliphatic rings. The highest BCUT2D eigenvalue weighted by Crippen LogP contribution is 2.38. The van der Waals surface area contributed by atoms with Crippen molar-refractivity contribution in [2.45, 2.75) is 20.0 Å². The van der Waals surface area contributed by atoms with Crippen LogP contribution in [0.25, 0.3) is 17.1 Å². The summed E-state index contributed by atoms with van der Waals surface area (Å²) in [6, 6.07) is 7.04. The van der Waals surface area contributed by atoms with E-state index in [-0.39, 0.29) is 5.95 Å². The number of sulfonamides is 1. The Hall–Kier alpha value is -3.22. The molecule has 1 fully saturated rings. The molecule has 2 N–H and O–H groups in total. The van der Waals surface area contributed by atoms with Gasteiger partial charge in [-0.15, -0.1) is 10.2 Å². The Morgan fingerprint density at radius 1 is 1.21 bits per heavy atom. The summed E-state index contributed by atoms with van der Waals surface area (Å²) < 4.78 is 46.2. The molecule has 3 aromatic rings. The van der Waals surface area contributed by atoms with E-state index in [1.165, 1.54) is 18.8 Å². The molecule has 34 heavy (non-hydrogen) atoms. The van der Waals surface area contributed by atoms with Crippen molar-refractivity contribution in [2.24, 2.45) is 5.41 Å². The zero-order valence-electron chi connectivity index (χ0n) is 19.3. The van der Waals surface area contributed by atoms with E-state index in [1.807, 2.05) is 13.0 Å². The van der Waals surface area contributed by atoms with Crippen molar-refractivity contribution in [1.82, 2.24) is 19.7 Å². The van der Waals surface area contributed by atoms with Crippen LogP contribution in [0, 0.1) is 12.3 Å². The van der Waals surface area contributed by atoms with Gasteiger partial charge < -0.3 is 19.3 Å². The van der Waals surface area contributed by atoms with Crippen LogP contribution >= 0.6 is 0 Å². The van der Waals surface area contributed by atoms with Crippen LogP contribution in [0.2, 0.25) is 0 Å². The predicted molar refractivity (Wildman–Crippen MR) is 125 cm³/mol. The summed E-state index contributed by atoms with van der Waals surface area (Å²) in [6.07, 6.45) is 2.19. The number of pyridine rings is 1. The minimum Gasteiger partial charge on any atom is -0.494 e. The highest BCUT2D eigenvalue weighted by molar-refractivity contribution is 7.92. The molecular formula is C22H27N5O6S. The minimum absolute atomic E-state index is 0.0819. The Labute approximate surface area is 197 Å². The lowest BCUT2D eigenvalue weighted by Crippen LogP contribution is -2.52. The summed E-state index contributed by atoms with van der Waals surface area (Å²) in [6.45, 7) is 4.25. The zero-order chi connectivity index (χ0) is 24.5. The van der Waals surface area contributed by atoms with Crippen LogP contribution in [0.1, 0.15) is 12.5 Å². The first-order chi connectivity index (χ1) is 16.2. The Morgan fingerprint density at radius 2 is 1.88 bits per heavy atom. The van der Waals surface area contributed by atoms with Crippen LogP contribution < -0.4 is 14.2 Å². The highest BCUT2D eigenvalue weighted by Gasteiger charge is 2.42. The van der Waals surface area contributed by atoms with Crippen molar-refractivity contribution in [2.75, 3.05) is 37.9 Å². The first-order valence-electron chi connectivity index (χ1n) is 10.5. The van der Waals surface area contributed by atoms with Gasteiger partial charge in [-0.1, -0.05) is 13.0 Å². The molecule has 3 heterocycles. The summed E-state index contributed by atoms with van der Waals surface area (Å²) in [5, 5.41) is 18.9. The Bertz CT molecular complexity index is 1270. The average Bonchev–Trinajstić information content (AvgIpc) is 3.18. The molecule has 182 valence electrons. The molecule has 1 aliphatic heterocycles. The Kier molecular flexibility index (Phi) is 6.47. The number of aryl methyl sites for hydroxylation is 1. The molecule has 1 atom stereocenters. The maximum absolute atomic E-state index is 13.0. The third-order valence-electron chi connectivity index (χ3n) is 5.71. The van der Waals surface area contributed by atoms with Crippen LogP contribution in [-0.2, 0) is 14.8 Å². The van der Waals surface area contributed by atoms with Crippen LogP contribution in [0.15, 0.2) is 36.7 Å². The normalized spacial score (nSPS) is 15.9. The van der Waals surface area contributed by atoms with Gasteiger partial charge >= 0.3 is 0 Å². The monoisotopic (exact) mass is 489 g/mol. The number of hydrogen-bond donors (Lipinski definition) is 2. The average molecular weight is 490 g/mol. The molecule has 0 saturated carbocycles. The van der Waals surface area contributed by atoms with Gasteiger partial charge in [-0.05, 0) is 30.7 Å². The summed E-state index contributed by atoms with van der Waals surface area (Å²) in [5.74, 6) is 0.559. The molecule has 2 aromatic heterocycles. The van der Waals surface area contributed by atoms with Gasteiger partial charge in [0.25, 0.3) is 0 Å². The number of aliphatic hydroxyl groups is 1. The first kappa shape index (κ1) is 23.9. The van der Waals surface area contributed by atoms with Crippen LogP contribution in [-0.4, -0.2) is 72.6 Å². The molecule has 0 radical (unpaired) electrons. The summed E-state index contributed by atoms with van der Waals surface area (Å²) in [7, 11) is -1.02. The maximum atomic E-state index is 13.0. The number of hydrogen-bond acceptors (Lipinski definition) is 9. The number of aliphatic hydroxyl groups excluding tert-OH is 1. The standard InChI is InChI=1S/C22H27N5O6S/c1-14-8-15(10-23-9-14)20-24-25-21(26-34(29,30)11-18(28)22(2)12-33-13-22)27(20)19-16(31-3)6-5-7-17(19)32-4/h5-10,18,28H,11-13H2,1-4H3,(H,25,26). The maximum Gasteiger partial charge on any atom is 0.243 e. The fraction of sp³-hybridized carbons (Fsp3) is 0.409. The van der Waals surface area contributed by atoms with Crippen molar-refractivity contribution in [3.05, 3.63) is 42.2 Å². The number of ether oxygens (including phenoxy) is 3. The molecule has 0 spiro atoms. The summed E-state index contributed by atoms with van der Waals surface area (Å²) in [4.78, 5) is 4.22. The van der Waals surface area contributed by atoms with Gasteiger partial charge in [0.15, 0.2) is 5.82 Å². The van der Waals surface area contributed by atoms with E-state index >= 15 is 0 Å². The van der Waals surface area contributed by atoms with E-state index in [4.69, 9.17) is 14.2 Å². The topological polar surface area (TPSA) is 138 Å². The van der Waals surface area contributed by atoms with Gasteiger partial charge in [0.05, 0.1) is 39.3 Å². The minimum atomic E-state index is -4.02. The number of nitrogens with one attached hydrogen (secondary N) is 1. The quantitative estimate of drug-likeness (QED) is 0.461. The van der Waals surface area contributed by atoms with E-state index in [0.717, 1.165) is 5.56 Å². The second-order valence-corrected chi connectivity index (χ2v) is 10.3. The molecule has 0 aliphatic carbocycles. The van der Waals surface area contributed by atoms with Crippen molar-refractivity contribution in [1.29, 1.82) is 0 Å². The molecule has 1 saturated heterocycles. The van der Waals surface area contributed by atoms with E-state index in [0.29, 0.717) is 41.8 Å². The highest BCUT2D eigenvalue weighted by atomic mass is 32.2. The predicted octanol–water partition coefficient (Wildman–Crippen LogP) is 1.79. The van der Waals surface area contributed by atoms with Gasteiger partial charge in [-0.2, -0.15) is 0 Å². The lowest BCUT2D eigenvalue weighted by Gasteiger charge is -2.41. The van der Waals surface area contributed by atoms with E-state index in [9.17, 15) is 13.5 Å². The zero-order valence-corrected chi connectivity index (χ0v) is 20.2. The number of benzene rings is 1. The number of rotatable bonds is 9. The van der Waals surface area contributed by atoms with E-state index < -0.39 is 27.3 Å². The molecule has 4 rings (SSSR count). The smallest absolute Gasteiger partial charge is 0.243 e. The lowest BCUT2D eigenvalue weighted by atomic mass is 9.83. The largest absolute Gasteiger partial charge is 0.494 e. The Morgan fingerprint density at radius 3 is 2.44 bits per heavy atom. The van der Waals surface area contributed by atoms with Crippen LogP contribution in [0.3, 0.4) is 0 Å². The SMILES string of the molecule is COc1cccc(OC)c1-n1c(NS(=O)(=O)CC(O)C2(C)COC2)nnc1-c1cncc(C)c1. The third kappa shape index (κ3) is 4.56. The van der Waals surface area contributed by atoms with E-state index in [1.54, 1.807) is 37.5 Å². The molecule has 11 nitrogen and oxygen atoms in total. The fourth-order valence-electron chi connectivity index (χ4n) is 3.68. The number of para-hydroxylation sites is 1. The molecule has 1 unspecified atom stereocenters. The number of nitrogens with zero attached hydrogens (tertiary/aromatic N) is 4. The van der Waals surface area contributed by atoms with Crippen molar-refractivity contribution < 1.29 is 27.7 Å². The van der Waals surface area contributed by atoms with Crippen molar-refractivity contribution in [3.8, 4) is 28.6 Å². The lowest BCUT2D eigenvalue weighted by molar-refractivity contribution is -0.154. The Balaban J connectivity index is 1.82. The molecule has 0 bridgehead atoms. The second kappa shape index (κ2) is 9.20. The molecule has 1 aromatic carbocycles. The number of aromatic nitrogens is 4. The molecular weight excluding hydrogens is 462 g/mol. The van der Waals surface area contributed by atoms with Crippen LogP contribution in [0.5, 0.6) is 11.5 Å². The number of methoxy groups -OCH3 is 2. The van der Waals surface area contributed by atoms with Gasteiger partial charge in [-0.25, -0.2) is 8.42 Å². The van der Waals surface area contributed by atoms with Crippen LogP contribution in [0.4, 0.5) is 5.95 Å². The molecule has 0 amide bonds. The van der Waals surface area contributed by atoms with Gasteiger partial charge in [-0.3, -0.25) is 14.3 Å². The van der Waals surface area contributed by atoms with E-state index in [2.05, 4.69) is 19.9 Å². The fourth-order valence-corrected chi connectivity index (χ4v) is 5.00. The third-order valence-corrected chi connectivity index (χ3v) is 6.96. The van der Waals surface area contributed by atoms with Crippen molar-refractivity contribution >= 4 is 16.0 Å². The van der Waals surface area contributed by atoms with Crippen molar-refractivity contribution in [3.63, 3.8) is 0 Å². The first-order valence-corrected chi connectivity index (χ1v) is 12.2. The molecule has 12 heteroatoms. The summed E-state index contributed by atoms with van der Waals surface area (Å²) in [5.41, 5.74) is 1.30. The van der Waals surface area contributed by atoms with Gasteiger partial charge in [0.2, 0.25) is 16.0 Å². The van der Waals surface area contributed by atoms with Gasteiger partial charge in [0.1, 0.15) is 17.2 Å². The number of anilines is 1. The van der Waals surface area contributed by atoms with Gasteiger partial charge in [0, 0.05) is 23.4 Å².